The predicted octanol–water partition coefficient (Wildman–Crippen LogP) is -0.395. The Morgan fingerprint density at radius 3 is 3.07 bits per heavy atom. The quantitative estimate of drug-likeness (QED) is 0.601. The number of hydrogen-bond acceptors (Lipinski definition) is 3. The molecule has 1 rings (SSSR count). The van der Waals surface area contributed by atoms with Gasteiger partial charge in [-0.1, -0.05) is 0 Å². The highest BCUT2D eigenvalue weighted by Gasteiger charge is 2.14. The molecule has 5 heteroatoms. The minimum atomic E-state index is -0.561. The maximum absolute atomic E-state index is 11.4. The molecule has 0 aliphatic carbocycles. The third-order valence-electron chi connectivity index (χ3n) is 1.92. The molecule has 1 heterocycles. The van der Waals surface area contributed by atoms with E-state index in [1.54, 1.807) is 6.20 Å². The normalized spacial score (nSPS) is 12.4. The summed E-state index contributed by atoms with van der Waals surface area (Å²) >= 11 is 0. The van der Waals surface area contributed by atoms with Crippen molar-refractivity contribution in [1.82, 2.24) is 10.3 Å². The molecule has 0 saturated heterocycles. The van der Waals surface area contributed by atoms with Crippen LogP contribution in [0.2, 0.25) is 0 Å². The third kappa shape index (κ3) is 2.86. The van der Waals surface area contributed by atoms with Crippen LogP contribution in [-0.2, 0) is 16.1 Å². The van der Waals surface area contributed by atoms with E-state index in [0.29, 0.717) is 6.54 Å². The molecule has 1 amide bonds. The Balaban J connectivity index is 2.34. The maximum atomic E-state index is 11.4. The number of rotatable bonds is 5. The summed E-state index contributed by atoms with van der Waals surface area (Å²) in [6.45, 7) is 0.678. The van der Waals surface area contributed by atoms with Crippen LogP contribution in [0.3, 0.4) is 0 Å². The van der Waals surface area contributed by atoms with E-state index < -0.39 is 6.10 Å². The topological polar surface area (TPSA) is 80.1 Å². The van der Waals surface area contributed by atoms with E-state index in [4.69, 9.17) is 10.5 Å². The fraction of sp³-hybridized carbons (Fsp3) is 0.444. The summed E-state index contributed by atoms with van der Waals surface area (Å²) in [6.07, 6.45) is 3.07. The Bertz CT molecular complexity index is 268. The van der Waals surface area contributed by atoms with Gasteiger partial charge in [-0.25, -0.2) is 0 Å². The minimum Gasteiger partial charge on any atom is -0.370 e. The molecule has 1 aromatic heterocycles. The smallest absolute Gasteiger partial charge is 0.250 e. The Kier molecular flexibility index (Phi) is 4.15. The molecule has 0 aliphatic heterocycles. The Morgan fingerprint density at radius 1 is 1.79 bits per heavy atom. The number of methoxy groups -OCH3 is 1. The van der Waals surface area contributed by atoms with Gasteiger partial charge < -0.3 is 20.8 Å². The number of aromatic amines is 1. The van der Waals surface area contributed by atoms with Crippen molar-refractivity contribution in [2.24, 2.45) is 5.73 Å². The van der Waals surface area contributed by atoms with Crippen LogP contribution in [-0.4, -0.2) is 30.6 Å². The van der Waals surface area contributed by atoms with Gasteiger partial charge in [-0.15, -0.1) is 0 Å². The van der Waals surface area contributed by atoms with Gasteiger partial charge in [0.1, 0.15) is 6.10 Å². The summed E-state index contributed by atoms with van der Waals surface area (Å²) in [7, 11) is 1.47. The first-order valence-electron chi connectivity index (χ1n) is 4.40. The fourth-order valence-electron chi connectivity index (χ4n) is 1.08. The first-order chi connectivity index (χ1) is 6.77. The van der Waals surface area contributed by atoms with E-state index in [1.807, 2.05) is 12.3 Å². The second kappa shape index (κ2) is 5.41. The van der Waals surface area contributed by atoms with Crippen LogP contribution in [0, 0.1) is 0 Å². The van der Waals surface area contributed by atoms with Crippen molar-refractivity contribution in [3.63, 3.8) is 0 Å². The average molecular weight is 197 g/mol. The monoisotopic (exact) mass is 197 g/mol. The van der Waals surface area contributed by atoms with Crippen molar-refractivity contribution < 1.29 is 9.53 Å². The lowest BCUT2D eigenvalue weighted by molar-refractivity contribution is -0.130. The number of carbonyl (C=O) groups is 1. The van der Waals surface area contributed by atoms with Gasteiger partial charge in [-0.2, -0.15) is 0 Å². The fourth-order valence-corrected chi connectivity index (χ4v) is 1.08. The zero-order valence-corrected chi connectivity index (χ0v) is 8.12. The number of hydrogen-bond donors (Lipinski definition) is 3. The van der Waals surface area contributed by atoms with Crippen LogP contribution in [0.15, 0.2) is 18.5 Å². The molecule has 1 aromatic rings. The van der Waals surface area contributed by atoms with E-state index in [1.165, 1.54) is 7.11 Å². The SMILES string of the molecule is COC(CN)C(=O)NCc1cc[nH]c1. The number of ether oxygens (including phenoxy) is 1. The Labute approximate surface area is 82.6 Å². The third-order valence-corrected chi connectivity index (χ3v) is 1.92. The van der Waals surface area contributed by atoms with Gasteiger partial charge in [-0.05, 0) is 11.6 Å². The molecule has 0 saturated carbocycles. The number of amides is 1. The Hall–Kier alpha value is -1.33. The zero-order valence-electron chi connectivity index (χ0n) is 8.12. The number of aromatic nitrogens is 1. The van der Waals surface area contributed by atoms with E-state index in [2.05, 4.69) is 10.3 Å². The number of nitrogens with one attached hydrogen (secondary N) is 2. The highest BCUT2D eigenvalue weighted by atomic mass is 16.5. The summed E-state index contributed by atoms with van der Waals surface area (Å²) < 4.78 is 4.89. The molecule has 0 aliphatic rings. The van der Waals surface area contributed by atoms with E-state index in [9.17, 15) is 4.79 Å². The minimum absolute atomic E-state index is 0.184. The molecule has 4 N–H and O–H groups in total. The largest absolute Gasteiger partial charge is 0.370 e. The molecule has 0 spiro atoms. The molecule has 0 radical (unpaired) electrons. The molecular weight excluding hydrogens is 182 g/mol. The number of carbonyl (C=O) groups excluding carboxylic acids is 1. The van der Waals surface area contributed by atoms with E-state index in [-0.39, 0.29) is 12.5 Å². The number of H-pyrrole nitrogens is 1. The van der Waals surface area contributed by atoms with Crippen LogP contribution in [0.4, 0.5) is 0 Å². The maximum Gasteiger partial charge on any atom is 0.250 e. The van der Waals surface area contributed by atoms with Gasteiger partial charge in [-0.3, -0.25) is 4.79 Å². The standard InChI is InChI=1S/C9H15N3O2/c1-14-8(4-10)9(13)12-6-7-2-3-11-5-7/h2-3,5,8,11H,4,6,10H2,1H3,(H,12,13). The molecule has 1 atom stereocenters. The van der Waals surface area contributed by atoms with Crippen molar-refractivity contribution in [3.8, 4) is 0 Å². The number of nitrogens with two attached hydrogens (primary N) is 1. The summed E-state index contributed by atoms with van der Waals surface area (Å²) in [5.74, 6) is -0.184. The van der Waals surface area contributed by atoms with Gasteiger partial charge in [0.15, 0.2) is 0 Å². The highest BCUT2D eigenvalue weighted by Crippen LogP contribution is 1.96. The van der Waals surface area contributed by atoms with Crippen LogP contribution in [0.5, 0.6) is 0 Å². The van der Waals surface area contributed by atoms with Crippen molar-refractivity contribution in [2.75, 3.05) is 13.7 Å². The lowest BCUT2D eigenvalue weighted by Crippen LogP contribution is -2.40. The van der Waals surface area contributed by atoms with Crippen molar-refractivity contribution in [3.05, 3.63) is 24.0 Å². The predicted molar refractivity (Wildman–Crippen MR) is 52.5 cm³/mol. The first-order valence-corrected chi connectivity index (χ1v) is 4.40. The molecular formula is C9H15N3O2. The van der Waals surface area contributed by atoms with Crippen molar-refractivity contribution in [2.45, 2.75) is 12.6 Å². The van der Waals surface area contributed by atoms with Crippen LogP contribution in [0.25, 0.3) is 0 Å². The summed E-state index contributed by atoms with van der Waals surface area (Å²) in [6, 6.07) is 1.89. The average Bonchev–Trinajstić information content (AvgIpc) is 2.69. The molecule has 0 fully saturated rings. The summed E-state index contributed by atoms with van der Waals surface area (Å²) in [4.78, 5) is 14.3. The molecule has 78 valence electrons. The Morgan fingerprint density at radius 2 is 2.57 bits per heavy atom. The van der Waals surface area contributed by atoms with Crippen LogP contribution < -0.4 is 11.1 Å². The summed E-state index contributed by atoms with van der Waals surface area (Å²) in [5.41, 5.74) is 6.36. The summed E-state index contributed by atoms with van der Waals surface area (Å²) in [5, 5.41) is 2.72. The lowest BCUT2D eigenvalue weighted by Gasteiger charge is -2.12. The molecule has 5 nitrogen and oxygen atoms in total. The molecule has 1 unspecified atom stereocenters. The van der Waals surface area contributed by atoms with Gasteiger partial charge in [0.05, 0.1) is 0 Å². The van der Waals surface area contributed by atoms with E-state index >= 15 is 0 Å². The second-order valence-electron chi connectivity index (χ2n) is 2.90. The lowest BCUT2D eigenvalue weighted by atomic mass is 10.3. The van der Waals surface area contributed by atoms with Crippen molar-refractivity contribution >= 4 is 5.91 Å². The van der Waals surface area contributed by atoms with Crippen molar-refractivity contribution in [1.29, 1.82) is 0 Å². The first kappa shape index (κ1) is 10.7. The molecule has 0 aromatic carbocycles. The van der Waals surface area contributed by atoms with Gasteiger partial charge in [0.25, 0.3) is 5.91 Å². The van der Waals surface area contributed by atoms with Gasteiger partial charge in [0.2, 0.25) is 0 Å². The van der Waals surface area contributed by atoms with Crippen LogP contribution >= 0.6 is 0 Å². The van der Waals surface area contributed by atoms with Crippen LogP contribution in [0.1, 0.15) is 5.56 Å². The highest BCUT2D eigenvalue weighted by molar-refractivity contribution is 5.80. The van der Waals surface area contributed by atoms with E-state index in [0.717, 1.165) is 5.56 Å². The zero-order chi connectivity index (χ0) is 10.4. The molecule has 14 heavy (non-hydrogen) atoms. The van der Waals surface area contributed by atoms with Gasteiger partial charge in [0, 0.05) is 32.6 Å². The van der Waals surface area contributed by atoms with Gasteiger partial charge >= 0.3 is 0 Å². The molecule has 0 bridgehead atoms. The second-order valence-corrected chi connectivity index (χ2v) is 2.90.